The zero-order valence-corrected chi connectivity index (χ0v) is 63.9. The number of benzene rings is 4. The second-order valence-electron chi connectivity index (χ2n) is 34.0. The van der Waals surface area contributed by atoms with E-state index in [9.17, 15) is 0 Å². The Hall–Kier alpha value is -2.78. The van der Waals surface area contributed by atoms with Crippen molar-refractivity contribution >= 4 is 47.0 Å². The third-order valence-electron chi connectivity index (χ3n) is 27.3. The van der Waals surface area contributed by atoms with Gasteiger partial charge in [0.05, 0.1) is 43.2 Å². The van der Waals surface area contributed by atoms with Gasteiger partial charge in [0.15, 0.2) is 0 Å². The van der Waals surface area contributed by atoms with Gasteiger partial charge in [-0.3, -0.25) is 31.9 Å². The summed E-state index contributed by atoms with van der Waals surface area (Å²) in [6.07, 6.45) is 36.5. The number of aryl methyl sites for hydroxylation is 4. The maximum absolute atomic E-state index is 4.84. The molecule has 12 fully saturated rings. The third-order valence-corrected chi connectivity index (χ3v) is 32.8. The van der Waals surface area contributed by atoms with Crippen molar-refractivity contribution in [3.8, 4) is 0 Å². The van der Waals surface area contributed by atoms with E-state index in [0.717, 1.165) is 6.42 Å². The lowest BCUT2D eigenvalue weighted by molar-refractivity contribution is 0.125. The molecule has 5 heterocycles. The quantitative estimate of drug-likeness (QED) is 0.0517. The number of thioether (sulfide) groups is 4. The lowest BCUT2D eigenvalue weighted by Gasteiger charge is -2.47. The molecule has 0 spiro atoms. The van der Waals surface area contributed by atoms with Crippen molar-refractivity contribution in [3.63, 3.8) is 0 Å². The first kappa shape index (κ1) is 70.2. The summed E-state index contributed by atoms with van der Waals surface area (Å²) in [7, 11) is 0. The number of nitrogens with one attached hydrogen (secondary N) is 12. The summed E-state index contributed by atoms with van der Waals surface area (Å²) in [5.74, 6) is 3.69. The van der Waals surface area contributed by atoms with Gasteiger partial charge in [-0.2, -0.15) is 0 Å². The number of fused-ring (bicyclic) bond motifs is 19. The van der Waals surface area contributed by atoms with E-state index in [1.807, 2.05) is 0 Å². The summed E-state index contributed by atoms with van der Waals surface area (Å²) in [5, 5.41) is 58.0. The van der Waals surface area contributed by atoms with Crippen molar-refractivity contribution in [2.45, 2.75) is 340 Å². The molecule has 13 aliphatic rings. The van der Waals surface area contributed by atoms with Crippen molar-refractivity contribution in [2.24, 2.45) is 41.4 Å². The van der Waals surface area contributed by atoms with Crippen LogP contribution < -0.4 is 63.8 Å². The average molecular weight is 1430 g/mol. The van der Waals surface area contributed by atoms with Crippen LogP contribution in [0.25, 0.3) is 0 Å². The topological polar surface area (TPSA) is 144 Å². The summed E-state index contributed by atoms with van der Waals surface area (Å²) in [5.41, 5.74) is 6.98. The number of rotatable bonds is 16. The van der Waals surface area contributed by atoms with Gasteiger partial charge in [0.1, 0.15) is 5.82 Å². The molecule has 4 saturated heterocycles. The second-order valence-corrected chi connectivity index (χ2v) is 39.2. The van der Waals surface area contributed by atoms with Crippen LogP contribution in [-0.4, -0.2) is 112 Å². The Morgan fingerprint density at radius 3 is 0.910 bits per heavy atom. The minimum Gasteiger partial charge on any atom is -0.356 e. The van der Waals surface area contributed by atoms with E-state index in [1.165, 1.54) is 221 Å². The van der Waals surface area contributed by atoms with Crippen molar-refractivity contribution in [2.75, 3.05) is 0 Å². The lowest BCUT2D eigenvalue weighted by Crippen LogP contribution is -2.63. The Kier molecular flexibility index (Phi) is 22.4. The van der Waals surface area contributed by atoms with E-state index in [4.69, 9.17) is 37.2 Å². The van der Waals surface area contributed by atoms with Crippen LogP contribution in [-0.2, 0) is 0 Å². The van der Waals surface area contributed by atoms with Crippen molar-refractivity contribution in [1.29, 1.82) is 0 Å². The van der Waals surface area contributed by atoms with Gasteiger partial charge >= 0.3 is 0 Å². The summed E-state index contributed by atoms with van der Waals surface area (Å²) >= 11 is 8.74. The van der Waals surface area contributed by atoms with E-state index in [0.29, 0.717) is 105 Å². The monoisotopic (exact) mass is 1430 g/mol. The van der Waals surface area contributed by atoms with Crippen LogP contribution in [0, 0.1) is 69.1 Å². The summed E-state index contributed by atoms with van der Waals surface area (Å²) in [4.78, 5) is 5.64. The van der Waals surface area contributed by atoms with E-state index < -0.39 is 0 Å². The highest BCUT2D eigenvalue weighted by molar-refractivity contribution is 8.00. The molecule has 22 atom stereocenters. The Morgan fingerprint density at radius 1 is 0.270 bits per heavy atom. The van der Waals surface area contributed by atoms with E-state index in [2.05, 4.69) is 198 Å². The molecule has 5 aliphatic heterocycles. The molecule has 0 amide bonds. The standard InChI is InChI=1S/C84H122N12S4/c1-49-25-33-57(34-26-49)97-65-45-41-61(85-53-17-9-5-10-18-53)69-73(65)81-90-77(69)89-78-70-62(86-54-19-11-6-12-20-54)42-47-67(99-59-37-29-51(3)30-38-59)75(70)83(91-78)96-84-76-68(100-60-39-31-52(4)32-40-60)48-44-64(88-56-23-15-8-16-24-56)72(76)80(95-84)94-82-74-66(98-58-35-27-50(2)28-36-58)46-43-63(71(74)79(92-81)93-82)87-55-21-13-7-14-22-55/h25-40,53-56,61-72,74-80,82-96H,5-24,41-48H2,1-4H3. The molecule has 100 heavy (non-hydrogen) atoms. The molecule has 8 bridgehead atoms. The molecular formula is C84H122N12S4. The first-order valence-corrected chi connectivity index (χ1v) is 44.4. The summed E-state index contributed by atoms with van der Waals surface area (Å²) in [6, 6.07) is 42.1. The van der Waals surface area contributed by atoms with Crippen LogP contribution >= 0.6 is 47.0 Å². The van der Waals surface area contributed by atoms with Crippen molar-refractivity contribution < 1.29 is 0 Å². The lowest BCUT2D eigenvalue weighted by atomic mass is 9.72. The van der Waals surface area contributed by atoms with Crippen LogP contribution in [0.15, 0.2) is 128 Å². The van der Waals surface area contributed by atoms with Gasteiger partial charge < -0.3 is 31.9 Å². The highest BCUT2D eigenvalue weighted by Crippen LogP contribution is 2.54. The minimum atomic E-state index is 0.0161. The van der Waals surface area contributed by atoms with Gasteiger partial charge in [-0.1, -0.05) is 148 Å². The van der Waals surface area contributed by atoms with Crippen LogP contribution in [0.4, 0.5) is 0 Å². The fourth-order valence-electron chi connectivity index (χ4n) is 22.5. The van der Waals surface area contributed by atoms with Gasteiger partial charge in [-0.15, -0.1) is 47.0 Å². The van der Waals surface area contributed by atoms with Crippen LogP contribution in [0.2, 0.25) is 0 Å². The molecule has 4 aromatic carbocycles. The maximum Gasteiger partial charge on any atom is 0.102 e. The maximum atomic E-state index is 4.84. The van der Waals surface area contributed by atoms with Crippen LogP contribution in [0.1, 0.15) is 202 Å². The normalized spacial score (nSPS) is 38.9. The molecule has 16 heteroatoms. The molecule has 542 valence electrons. The Balaban J connectivity index is 0.830. The third kappa shape index (κ3) is 15.5. The first-order chi connectivity index (χ1) is 49.1. The summed E-state index contributed by atoms with van der Waals surface area (Å²) in [6.45, 7) is 9.02. The fourth-order valence-corrected chi connectivity index (χ4v) is 28.0. The minimum absolute atomic E-state index is 0.0161. The Bertz CT molecular complexity index is 3330. The largest absolute Gasteiger partial charge is 0.356 e. The zero-order chi connectivity index (χ0) is 67.2. The smallest absolute Gasteiger partial charge is 0.102 e. The highest BCUT2D eigenvalue weighted by Gasteiger charge is 2.61. The molecule has 4 aromatic rings. The number of hydrogen-bond acceptors (Lipinski definition) is 16. The first-order valence-electron chi connectivity index (χ1n) is 40.9. The highest BCUT2D eigenvalue weighted by atomic mass is 32.2. The molecule has 0 radical (unpaired) electrons. The molecule has 8 saturated carbocycles. The fraction of sp³-hybridized carbons (Fsp3) is 0.690. The molecule has 17 rings (SSSR count). The Morgan fingerprint density at radius 2 is 0.550 bits per heavy atom. The van der Waals surface area contributed by atoms with Crippen LogP contribution in [0.5, 0.6) is 0 Å². The average Bonchev–Trinajstić information content (AvgIpc) is 1.57. The molecule has 8 aliphatic carbocycles. The van der Waals surface area contributed by atoms with Crippen molar-refractivity contribution in [1.82, 2.24) is 63.8 Å². The van der Waals surface area contributed by atoms with Gasteiger partial charge in [-0.05, 0) is 185 Å². The molecule has 12 N–H and O–H groups in total. The van der Waals surface area contributed by atoms with E-state index in [1.54, 1.807) is 5.57 Å². The zero-order valence-electron chi connectivity index (χ0n) is 60.7. The van der Waals surface area contributed by atoms with Crippen LogP contribution in [0.3, 0.4) is 0 Å². The van der Waals surface area contributed by atoms with E-state index in [-0.39, 0.29) is 49.1 Å². The molecule has 0 aromatic heterocycles. The van der Waals surface area contributed by atoms with Gasteiger partial charge in [0, 0.05) is 130 Å². The predicted molar refractivity (Wildman–Crippen MR) is 418 cm³/mol. The van der Waals surface area contributed by atoms with Gasteiger partial charge in [0.2, 0.25) is 0 Å². The second kappa shape index (κ2) is 32.0. The van der Waals surface area contributed by atoms with Gasteiger partial charge in [0.25, 0.3) is 0 Å². The summed E-state index contributed by atoms with van der Waals surface area (Å²) < 4.78 is 0. The SMILES string of the molecule is Cc1ccc(SC2CCC(NC3CCCCC3)C3C2=C2NC3NC3NC(NC4NC(NC5NC(N2)C2C(NC6CCCCC6)CCC(Sc6ccc(C)cc6)C52)C2C(NC5CCCCC5)CCC(Sc5ccc(C)cc5)C42)C2C(Sc4ccc(C)cc4)CCC(NC4CCCCC4)C32)cc1. The number of hydrogen-bond donors (Lipinski definition) is 12. The molecular weight excluding hydrogens is 1310 g/mol. The molecule has 12 nitrogen and oxygen atoms in total. The van der Waals surface area contributed by atoms with Gasteiger partial charge in [-0.25, -0.2) is 0 Å². The predicted octanol–water partition coefficient (Wildman–Crippen LogP) is 14.8. The van der Waals surface area contributed by atoms with E-state index >= 15 is 0 Å². The Labute approximate surface area is 618 Å². The van der Waals surface area contributed by atoms with Crippen molar-refractivity contribution in [3.05, 3.63) is 131 Å². The molecule has 22 unspecified atom stereocenters.